The molecule has 0 spiro atoms. The summed E-state index contributed by atoms with van der Waals surface area (Å²) in [6, 6.07) is 0. The molecule has 0 fully saturated rings. The monoisotopic (exact) mass is 221 g/mol. The van der Waals surface area contributed by atoms with E-state index in [9.17, 15) is 4.79 Å². The van der Waals surface area contributed by atoms with E-state index in [2.05, 4.69) is 21.1 Å². The summed E-state index contributed by atoms with van der Waals surface area (Å²) in [4.78, 5) is 11.0. The van der Waals surface area contributed by atoms with Crippen molar-refractivity contribution in [2.75, 3.05) is 34.3 Å². The second-order valence-electron chi connectivity index (χ2n) is 4.18. The molecule has 0 aliphatic carbocycles. The minimum atomic E-state index is -0.645. The molecule has 0 aliphatic rings. The maximum Gasteiger partial charge on any atom is 0.373 e. The molecule has 4 nitrogen and oxygen atoms in total. The first kappa shape index (κ1) is 16.3. The van der Waals surface area contributed by atoms with Crippen LogP contribution in [0.15, 0.2) is 11.8 Å². The van der Waals surface area contributed by atoms with Gasteiger partial charge in [0.05, 0.1) is 34.3 Å². The van der Waals surface area contributed by atoms with Gasteiger partial charge in [-0.1, -0.05) is 0 Å². The Balaban J connectivity index is 0. The second-order valence-corrected chi connectivity index (χ2v) is 4.18. The molecule has 0 heterocycles. The predicted molar refractivity (Wildman–Crippen MR) is 54.9 cm³/mol. The van der Waals surface area contributed by atoms with E-state index in [0.717, 1.165) is 17.4 Å². The van der Waals surface area contributed by atoms with Crippen LogP contribution in [0, 0.1) is 0 Å². The van der Waals surface area contributed by atoms with Crippen LogP contribution in [-0.4, -0.2) is 49.9 Å². The number of aliphatic hydroxyl groups is 1. The van der Waals surface area contributed by atoms with Crippen molar-refractivity contribution in [2.24, 2.45) is 0 Å². The Hall–Kier alpha value is -1.10. The molecule has 15 heavy (non-hydrogen) atoms. The molecule has 0 bridgehead atoms. The van der Waals surface area contributed by atoms with Crippen molar-refractivity contribution in [1.29, 1.82) is 0 Å². The number of rotatable bonds is 5. The van der Waals surface area contributed by atoms with E-state index in [1.165, 1.54) is 6.08 Å². The summed E-state index contributed by atoms with van der Waals surface area (Å²) < 4.78 is 5.66. The molecular weight excluding hydrogens is 201 g/mol. The Labute approximate surface area is 90.1 Å². The third-order valence-corrected chi connectivity index (χ3v) is 1.69. The topological polar surface area (TPSA) is 46.5 Å². The van der Waals surface area contributed by atoms with E-state index >= 15 is 0 Å². The fraction of sp³-hybridized carbons (Fsp3) is 0.700. The van der Waals surface area contributed by atoms with Gasteiger partial charge in [0.15, 0.2) is 5.76 Å². The van der Waals surface area contributed by atoms with Gasteiger partial charge in [0, 0.05) is 6.42 Å². The summed E-state index contributed by atoms with van der Waals surface area (Å²) in [5.41, 5.74) is 0. The Bertz CT molecular complexity index is 221. The standard InChI is InChI=1S/C10H19NO3.FH/c1-5-9(12)10(13)14-8-6-7-11(2,3)4;/h5H,6-8H2,1-4H3;1H. The Kier molecular flexibility index (Phi) is 7.87. The molecule has 5 heteroatoms. The quantitative estimate of drug-likeness (QED) is 0.194. The summed E-state index contributed by atoms with van der Waals surface area (Å²) in [7, 11) is 6.22. The SMILES string of the molecule is CC=C(O)C(=O)OCCC[N+](C)(C)C.[F-]. The van der Waals surface area contributed by atoms with Crippen LogP contribution < -0.4 is 4.70 Å². The van der Waals surface area contributed by atoms with Gasteiger partial charge in [-0.2, -0.15) is 0 Å². The minimum Gasteiger partial charge on any atom is -1.00 e. The van der Waals surface area contributed by atoms with Gasteiger partial charge in [-0.3, -0.25) is 0 Å². The van der Waals surface area contributed by atoms with Gasteiger partial charge in [-0.25, -0.2) is 4.79 Å². The zero-order valence-corrected chi connectivity index (χ0v) is 9.79. The maximum absolute atomic E-state index is 11.0. The van der Waals surface area contributed by atoms with Gasteiger partial charge < -0.3 is 19.0 Å². The van der Waals surface area contributed by atoms with Crippen molar-refractivity contribution < 1.29 is 23.8 Å². The largest absolute Gasteiger partial charge is 1.00 e. The van der Waals surface area contributed by atoms with E-state index in [4.69, 9.17) is 9.84 Å². The number of esters is 1. The third-order valence-electron chi connectivity index (χ3n) is 1.69. The first-order valence-corrected chi connectivity index (χ1v) is 4.69. The number of aliphatic hydroxyl groups excluding tert-OH is 1. The molecule has 1 N–H and O–H groups in total. The predicted octanol–water partition coefficient (Wildman–Crippen LogP) is -1.91. The van der Waals surface area contributed by atoms with Gasteiger partial charge in [-0.15, -0.1) is 0 Å². The molecule has 0 saturated heterocycles. The number of carbonyl (C=O) groups is 1. The highest BCUT2D eigenvalue weighted by molar-refractivity contribution is 5.85. The van der Waals surface area contributed by atoms with Gasteiger partial charge in [0.2, 0.25) is 0 Å². The lowest BCUT2D eigenvalue weighted by Gasteiger charge is -2.23. The molecule has 0 aromatic rings. The molecular formula is C10H20FNO3. The number of ether oxygens (including phenoxy) is 1. The Morgan fingerprint density at radius 2 is 1.93 bits per heavy atom. The molecule has 0 aromatic heterocycles. The van der Waals surface area contributed by atoms with Crippen LogP contribution >= 0.6 is 0 Å². The van der Waals surface area contributed by atoms with Crippen LogP contribution in [0.5, 0.6) is 0 Å². The molecule has 0 aromatic carbocycles. The van der Waals surface area contributed by atoms with Crippen LogP contribution in [0.1, 0.15) is 13.3 Å². The first-order chi connectivity index (χ1) is 6.37. The van der Waals surface area contributed by atoms with Crippen molar-refractivity contribution >= 4 is 5.97 Å². The molecule has 0 aliphatic heterocycles. The fourth-order valence-corrected chi connectivity index (χ4v) is 0.896. The zero-order chi connectivity index (χ0) is 11.2. The lowest BCUT2D eigenvalue weighted by Crippen LogP contribution is -3.00. The van der Waals surface area contributed by atoms with E-state index < -0.39 is 5.97 Å². The van der Waals surface area contributed by atoms with Gasteiger partial charge in [0.25, 0.3) is 0 Å². The van der Waals surface area contributed by atoms with Crippen molar-refractivity contribution in [3.63, 3.8) is 0 Å². The van der Waals surface area contributed by atoms with Gasteiger partial charge in [-0.05, 0) is 13.0 Å². The van der Waals surface area contributed by atoms with Crippen LogP contribution in [-0.2, 0) is 9.53 Å². The Morgan fingerprint density at radius 1 is 1.40 bits per heavy atom. The number of carbonyl (C=O) groups excluding carboxylic acids is 1. The highest BCUT2D eigenvalue weighted by atomic mass is 19.0. The summed E-state index contributed by atoms with van der Waals surface area (Å²) in [5.74, 6) is -0.968. The lowest BCUT2D eigenvalue weighted by atomic mass is 10.4. The van der Waals surface area contributed by atoms with Crippen LogP contribution in [0.25, 0.3) is 0 Å². The van der Waals surface area contributed by atoms with Gasteiger partial charge in [0.1, 0.15) is 0 Å². The minimum absolute atomic E-state index is 0. The molecule has 0 amide bonds. The maximum atomic E-state index is 11.0. The van der Waals surface area contributed by atoms with E-state index in [1.54, 1.807) is 6.92 Å². The number of quaternary nitrogens is 1. The third kappa shape index (κ3) is 9.21. The average Bonchev–Trinajstić information content (AvgIpc) is 2.09. The van der Waals surface area contributed by atoms with E-state index in [0.29, 0.717) is 6.61 Å². The molecule has 0 unspecified atom stereocenters. The fourth-order valence-electron chi connectivity index (χ4n) is 0.896. The smallest absolute Gasteiger partial charge is 0.373 e. The highest BCUT2D eigenvalue weighted by Crippen LogP contribution is 1.97. The zero-order valence-electron chi connectivity index (χ0n) is 9.79. The van der Waals surface area contributed by atoms with Crippen LogP contribution in [0.3, 0.4) is 0 Å². The van der Waals surface area contributed by atoms with Crippen molar-refractivity contribution in [2.45, 2.75) is 13.3 Å². The first-order valence-electron chi connectivity index (χ1n) is 4.69. The van der Waals surface area contributed by atoms with Gasteiger partial charge >= 0.3 is 5.97 Å². The molecule has 90 valence electrons. The number of halogens is 1. The molecule has 0 radical (unpaired) electrons. The highest BCUT2D eigenvalue weighted by Gasteiger charge is 2.09. The normalized spacial score (nSPS) is 11.9. The summed E-state index contributed by atoms with van der Waals surface area (Å²) >= 11 is 0. The summed E-state index contributed by atoms with van der Waals surface area (Å²) in [6.45, 7) is 2.87. The second kappa shape index (κ2) is 7.23. The van der Waals surface area contributed by atoms with Crippen LogP contribution in [0.4, 0.5) is 0 Å². The number of hydrogen-bond donors (Lipinski definition) is 1. The van der Waals surface area contributed by atoms with E-state index in [1.807, 2.05) is 0 Å². The van der Waals surface area contributed by atoms with Crippen molar-refractivity contribution in [1.82, 2.24) is 0 Å². The molecule has 0 atom stereocenters. The molecule has 0 saturated carbocycles. The number of hydrogen-bond acceptors (Lipinski definition) is 3. The van der Waals surface area contributed by atoms with Crippen molar-refractivity contribution in [3.8, 4) is 0 Å². The molecule has 0 rings (SSSR count). The van der Waals surface area contributed by atoms with Crippen LogP contribution in [0.2, 0.25) is 0 Å². The number of nitrogens with zero attached hydrogens (tertiary/aromatic N) is 1. The summed E-state index contributed by atoms with van der Waals surface area (Å²) in [5, 5.41) is 8.97. The average molecular weight is 221 g/mol. The lowest BCUT2D eigenvalue weighted by molar-refractivity contribution is -0.870. The Morgan fingerprint density at radius 3 is 2.33 bits per heavy atom. The van der Waals surface area contributed by atoms with Crippen molar-refractivity contribution in [3.05, 3.63) is 11.8 Å². The summed E-state index contributed by atoms with van der Waals surface area (Å²) in [6.07, 6.45) is 2.12. The van der Waals surface area contributed by atoms with E-state index in [-0.39, 0.29) is 10.5 Å². The number of allylic oxidation sites excluding steroid dienone is 1.